The first kappa shape index (κ1) is 43.8. The summed E-state index contributed by atoms with van der Waals surface area (Å²) in [5.74, 6) is 0.332. The molecule has 0 aromatic heterocycles. The summed E-state index contributed by atoms with van der Waals surface area (Å²) in [5.41, 5.74) is 16.1. The van der Waals surface area contributed by atoms with Crippen LogP contribution in [0.15, 0.2) is 96.2 Å². The Bertz CT molecular complexity index is 1590. The Balaban J connectivity index is 0.00000181. The van der Waals surface area contributed by atoms with Gasteiger partial charge in [0.25, 0.3) is 5.91 Å². The van der Waals surface area contributed by atoms with Crippen molar-refractivity contribution in [3.8, 4) is 0 Å². The molecule has 1 atom stereocenters. The molecule has 0 fully saturated rings. The number of nitrogens with one attached hydrogen (secondary N) is 1. The number of allylic oxidation sites excluding steroid dienone is 9. The lowest BCUT2D eigenvalue weighted by Gasteiger charge is -2.13. The minimum absolute atomic E-state index is 0.0154. The Morgan fingerprint density at radius 3 is 1.96 bits per heavy atom. The Kier molecular flexibility index (Phi) is 20.4. The van der Waals surface area contributed by atoms with E-state index in [4.69, 9.17) is 4.79 Å². The number of amides is 1. The largest absolute Gasteiger partial charge is 0.321 e. The maximum absolute atomic E-state index is 13.4. The second-order valence-corrected chi connectivity index (χ2v) is 10.3. The van der Waals surface area contributed by atoms with Crippen LogP contribution in [0.3, 0.4) is 0 Å². The molecular formula is C45H63NO2. The van der Waals surface area contributed by atoms with Crippen molar-refractivity contribution in [1.29, 1.82) is 0 Å². The van der Waals surface area contributed by atoms with Gasteiger partial charge in [-0.25, -0.2) is 0 Å². The molecule has 3 nitrogen and oxygen atoms in total. The molecular weight excluding hydrogens is 587 g/mol. The maximum Gasteiger partial charge on any atom is 0.256 e. The van der Waals surface area contributed by atoms with Gasteiger partial charge in [0.2, 0.25) is 0 Å². The van der Waals surface area contributed by atoms with Crippen molar-refractivity contribution in [2.75, 3.05) is 0 Å². The molecule has 1 aliphatic heterocycles. The summed E-state index contributed by atoms with van der Waals surface area (Å²) in [6.45, 7) is 36.1. The molecule has 2 aliphatic carbocycles. The third kappa shape index (κ3) is 9.01. The first-order chi connectivity index (χ1) is 23.3. The van der Waals surface area contributed by atoms with Crippen molar-refractivity contribution in [2.24, 2.45) is 0 Å². The van der Waals surface area contributed by atoms with Crippen molar-refractivity contribution < 1.29 is 9.59 Å². The first-order valence-electron chi connectivity index (χ1n) is 18.0. The van der Waals surface area contributed by atoms with E-state index in [0.29, 0.717) is 5.92 Å². The minimum Gasteiger partial charge on any atom is -0.321 e. The fourth-order valence-corrected chi connectivity index (χ4v) is 6.44. The average Bonchev–Trinajstić information content (AvgIpc) is 3.75. The van der Waals surface area contributed by atoms with Crippen LogP contribution >= 0.6 is 0 Å². The van der Waals surface area contributed by atoms with Crippen molar-refractivity contribution in [1.82, 2.24) is 5.32 Å². The predicted octanol–water partition coefficient (Wildman–Crippen LogP) is 12.9. The predicted molar refractivity (Wildman–Crippen MR) is 215 cm³/mol. The van der Waals surface area contributed by atoms with Gasteiger partial charge in [-0.3, -0.25) is 4.79 Å². The van der Waals surface area contributed by atoms with Gasteiger partial charge < -0.3 is 10.1 Å². The van der Waals surface area contributed by atoms with Gasteiger partial charge in [0.15, 0.2) is 0 Å². The second-order valence-electron chi connectivity index (χ2n) is 10.3. The standard InChI is InChI=1S/C35H35NO.C2H4O.4C2H6/c1-8-22-17-25-18-24(14-15-30(25)27(22)10-3)34-21(7)33(35(37)36-34)28(11-4)23-13-16-31-29(12-5)26(9-2)20(6)32(31)19-23;1-2-3;4*1-2/h8-10,12-16,18-20H,1,3,11,17H2,2,4-7H3,(H,36,37);2H,1H3;4*1-2H3/b26-9-,29-12+,33-28-;;;;;. The van der Waals surface area contributed by atoms with Crippen LogP contribution in [0.25, 0.3) is 22.4 Å². The van der Waals surface area contributed by atoms with Gasteiger partial charge in [0, 0.05) is 11.5 Å². The molecule has 5 rings (SSSR count). The molecule has 1 amide bonds. The highest BCUT2D eigenvalue weighted by Gasteiger charge is 2.31. The lowest BCUT2D eigenvalue weighted by atomic mass is 9.90. The van der Waals surface area contributed by atoms with Crippen LogP contribution in [0.5, 0.6) is 0 Å². The Hall–Kier alpha value is -4.24. The molecule has 2 aromatic carbocycles. The quantitative estimate of drug-likeness (QED) is 0.259. The fourth-order valence-electron chi connectivity index (χ4n) is 6.44. The molecule has 3 aliphatic rings. The lowest BCUT2D eigenvalue weighted by molar-refractivity contribution is -0.115. The number of hydrogen-bond acceptors (Lipinski definition) is 2. The molecule has 0 radical (unpaired) electrons. The Morgan fingerprint density at radius 2 is 1.46 bits per heavy atom. The molecule has 0 saturated heterocycles. The van der Waals surface area contributed by atoms with Crippen molar-refractivity contribution in [2.45, 2.75) is 116 Å². The van der Waals surface area contributed by atoms with Crippen LogP contribution in [0.1, 0.15) is 143 Å². The Labute approximate surface area is 294 Å². The highest BCUT2D eigenvalue weighted by Crippen LogP contribution is 2.47. The zero-order valence-corrected chi connectivity index (χ0v) is 32.6. The van der Waals surface area contributed by atoms with Gasteiger partial charge in [-0.05, 0) is 113 Å². The minimum atomic E-state index is -0.0154. The van der Waals surface area contributed by atoms with Crippen LogP contribution in [-0.4, -0.2) is 12.2 Å². The summed E-state index contributed by atoms with van der Waals surface area (Å²) in [5, 5.41) is 3.20. The second kappa shape index (κ2) is 22.4. The van der Waals surface area contributed by atoms with E-state index in [1.54, 1.807) is 0 Å². The molecule has 48 heavy (non-hydrogen) atoms. The third-order valence-electron chi connectivity index (χ3n) is 8.27. The van der Waals surface area contributed by atoms with Gasteiger partial charge in [0.1, 0.15) is 6.29 Å². The SMILES string of the molecule is C=CC1=C(C=C)c2ccc(C3=C(C)/C(=C(\CC)c4ccc5c(c4)C(C)C(=C/C)/C5=C\C)C(=O)N3)cc2C1.CC.CC.CC.CC.CC=O. The number of fused-ring (bicyclic) bond motifs is 2. The fraction of sp³-hybridized carbons (Fsp3) is 0.378. The first-order valence-corrected chi connectivity index (χ1v) is 18.0. The zero-order valence-electron chi connectivity index (χ0n) is 32.6. The molecule has 1 unspecified atom stereocenters. The molecule has 260 valence electrons. The van der Waals surface area contributed by atoms with Crippen LogP contribution in [0.4, 0.5) is 0 Å². The summed E-state index contributed by atoms with van der Waals surface area (Å²) in [7, 11) is 0. The van der Waals surface area contributed by atoms with Crippen LogP contribution in [-0.2, 0) is 16.0 Å². The summed E-state index contributed by atoms with van der Waals surface area (Å²) in [6.07, 6.45) is 10.6. The summed E-state index contributed by atoms with van der Waals surface area (Å²) in [4.78, 5) is 22.2. The third-order valence-corrected chi connectivity index (χ3v) is 8.27. The smallest absolute Gasteiger partial charge is 0.256 e. The molecule has 0 spiro atoms. The van der Waals surface area contributed by atoms with Crippen LogP contribution < -0.4 is 5.32 Å². The molecule has 2 aromatic rings. The summed E-state index contributed by atoms with van der Waals surface area (Å²) in [6, 6.07) is 13.2. The highest BCUT2D eigenvalue weighted by molar-refractivity contribution is 6.15. The summed E-state index contributed by atoms with van der Waals surface area (Å²) >= 11 is 0. The normalized spacial score (nSPS) is 17.8. The van der Waals surface area contributed by atoms with Crippen LogP contribution in [0, 0.1) is 0 Å². The highest BCUT2D eigenvalue weighted by atomic mass is 16.2. The molecule has 1 N–H and O–H groups in total. The van der Waals surface area contributed by atoms with E-state index in [9.17, 15) is 4.79 Å². The zero-order chi connectivity index (χ0) is 37.1. The molecule has 1 heterocycles. The molecule has 0 bridgehead atoms. The van der Waals surface area contributed by atoms with Gasteiger partial charge in [-0.15, -0.1) is 0 Å². The maximum atomic E-state index is 13.4. The molecule has 0 saturated carbocycles. The van der Waals surface area contributed by atoms with Gasteiger partial charge in [0.05, 0.1) is 5.70 Å². The number of benzene rings is 2. The van der Waals surface area contributed by atoms with E-state index in [1.165, 1.54) is 45.9 Å². The van der Waals surface area contributed by atoms with Crippen LogP contribution in [0.2, 0.25) is 0 Å². The number of carbonyl (C=O) groups is 2. The van der Waals surface area contributed by atoms with E-state index in [1.807, 2.05) is 67.5 Å². The van der Waals surface area contributed by atoms with E-state index >= 15 is 0 Å². The van der Waals surface area contributed by atoms with Gasteiger partial charge >= 0.3 is 0 Å². The van der Waals surface area contributed by atoms with Gasteiger partial charge in [-0.2, -0.15) is 0 Å². The topological polar surface area (TPSA) is 46.2 Å². The number of carbonyl (C=O) groups excluding carboxylic acids is 2. The van der Waals surface area contributed by atoms with Crippen molar-refractivity contribution in [3.05, 3.63) is 130 Å². The summed E-state index contributed by atoms with van der Waals surface area (Å²) < 4.78 is 0. The Morgan fingerprint density at radius 1 is 0.875 bits per heavy atom. The number of rotatable bonds is 5. The lowest BCUT2D eigenvalue weighted by Crippen LogP contribution is -2.17. The molecule has 3 heteroatoms. The van der Waals surface area contributed by atoms with Crippen molar-refractivity contribution >= 4 is 34.6 Å². The van der Waals surface area contributed by atoms with E-state index in [-0.39, 0.29) is 5.91 Å². The average molecular weight is 650 g/mol. The van der Waals surface area contributed by atoms with Gasteiger partial charge in [-0.1, -0.05) is 137 Å². The van der Waals surface area contributed by atoms with E-state index in [2.05, 4.69) is 102 Å². The van der Waals surface area contributed by atoms with E-state index in [0.717, 1.165) is 58.2 Å². The number of aldehydes is 1. The van der Waals surface area contributed by atoms with Crippen molar-refractivity contribution in [3.63, 3.8) is 0 Å². The number of hydrogen-bond donors (Lipinski definition) is 1. The van der Waals surface area contributed by atoms with E-state index < -0.39 is 0 Å². The monoisotopic (exact) mass is 649 g/mol.